The van der Waals surface area contributed by atoms with Crippen LogP contribution in [0.5, 0.6) is 5.75 Å². The fourth-order valence-corrected chi connectivity index (χ4v) is 2.27. The zero-order valence-corrected chi connectivity index (χ0v) is 9.68. The van der Waals surface area contributed by atoms with Crippen LogP contribution in [-0.2, 0) is 6.42 Å². The largest absolute Gasteiger partial charge is 0.493 e. The van der Waals surface area contributed by atoms with Gasteiger partial charge in [0.1, 0.15) is 5.75 Å². The van der Waals surface area contributed by atoms with Crippen LogP contribution in [0.4, 0.5) is 5.69 Å². The van der Waals surface area contributed by atoms with Gasteiger partial charge >= 0.3 is 0 Å². The van der Waals surface area contributed by atoms with Crippen molar-refractivity contribution >= 4 is 5.69 Å². The van der Waals surface area contributed by atoms with Gasteiger partial charge < -0.3 is 15.4 Å². The maximum absolute atomic E-state index is 5.86. The highest BCUT2D eigenvalue weighted by Crippen LogP contribution is 2.28. The Labute approximate surface area is 96.2 Å². The predicted octanol–water partition coefficient (Wildman–Crippen LogP) is 1.64. The van der Waals surface area contributed by atoms with Gasteiger partial charge in [-0.15, -0.1) is 0 Å². The molecule has 0 unspecified atom stereocenters. The highest BCUT2D eigenvalue weighted by atomic mass is 16.5. The molecule has 0 bridgehead atoms. The lowest BCUT2D eigenvalue weighted by Crippen LogP contribution is -2.54. The summed E-state index contributed by atoms with van der Waals surface area (Å²) in [6.45, 7) is 6.25. The molecule has 16 heavy (non-hydrogen) atoms. The third-order valence-electron chi connectivity index (χ3n) is 3.48. The van der Waals surface area contributed by atoms with Crippen molar-refractivity contribution in [3.63, 3.8) is 0 Å². The third kappa shape index (κ3) is 1.76. The standard InChI is InChI=1S/C13H18N2O/c1-13(7-14-8-13)9-16-11-3-2-10-4-5-15-12(10)6-11/h2-3,6,14-15H,4-5,7-9H2,1H3. The molecule has 0 saturated carbocycles. The lowest BCUT2D eigenvalue weighted by Gasteiger charge is -2.38. The molecule has 86 valence electrons. The average Bonchev–Trinajstić information content (AvgIpc) is 2.70. The molecule has 2 aliphatic heterocycles. The first-order chi connectivity index (χ1) is 7.75. The summed E-state index contributed by atoms with van der Waals surface area (Å²) in [5.41, 5.74) is 2.98. The molecule has 0 atom stereocenters. The van der Waals surface area contributed by atoms with Crippen LogP contribution >= 0.6 is 0 Å². The van der Waals surface area contributed by atoms with E-state index in [2.05, 4.69) is 35.8 Å². The number of ether oxygens (including phenoxy) is 1. The Bertz CT molecular complexity index is 399. The summed E-state index contributed by atoms with van der Waals surface area (Å²) in [5, 5.41) is 6.66. The lowest BCUT2D eigenvalue weighted by molar-refractivity contribution is 0.102. The molecule has 1 fully saturated rings. The molecule has 0 amide bonds. The summed E-state index contributed by atoms with van der Waals surface area (Å²) in [4.78, 5) is 0. The van der Waals surface area contributed by atoms with Crippen molar-refractivity contribution in [3.05, 3.63) is 23.8 Å². The molecule has 2 N–H and O–H groups in total. The predicted molar refractivity (Wildman–Crippen MR) is 65.1 cm³/mol. The van der Waals surface area contributed by atoms with Crippen LogP contribution in [0.15, 0.2) is 18.2 Å². The first-order valence-electron chi connectivity index (χ1n) is 5.96. The number of fused-ring (bicyclic) bond motifs is 1. The fourth-order valence-electron chi connectivity index (χ4n) is 2.27. The molecular formula is C13H18N2O. The van der Waals surface area contributed by atoms with Gasteiger partial charge in [-0.3, -0.25) is 0 Å². The topological polar surface area (TPSA) is 33.3 Å². The van der Waals surface area contributed by atoms with Crippen LogP contribution in [0, 0.1) is 5.41 Å². The fraction of sp³-hybridized carbons (Fsp3) is 0.538. The highest BCUT2D eigenvalue weighted by Gasteiger charge is 2.32. The van der Waals surface area contributed by atoms with Gasteiger partial charge in [-0.05, 0) is 18.1 Å². The molecule has 0 spiro atoms. The van der Waals surface area contributed by atoms with E-state index in [1.165, 1.54) is 11.3 Å². The van der Waals surface area contributed by atoms with E-state index in [-0.39, 0.29) is 0 Å². The van der Waals surface area contributed by atoms with Crippen molar-refractivity contribution in [3.8, 4) is 5.75 Å². The SMILES string of the molecule is CC1(COc2ccc3c(c2)NCC3)CNC1. The molecule has 3 rings (SSSR count). The van der Waals surface area contributed by atoms with E-state index in [0.29, 0.717) is 5.41 Å². The Morgan fingerprint density at radius 2 is 2.25 bits per heavy atom. The second-order valence-electron chi connectivity index (χ2n) is 5.20. The molecular weight excluding hydrogens is 200 g/mol. The van der Waals surface area contributed by atoms with E-state index >= 15 is 0 Å². The minimum Gasteiger partial charge on any atom is -0.493 e. The van der Waals surface area contributed by atoms with Gasteiger partial charge in [0.2, 0.25) is 0 Å². The maximum atomic E-state index is 5.86. The number of hydrogen-bond donors (Lipinski definition) is 2. The maximum Gasteiger partial charge on any atom is 0.121 e. The number of benzene rings is 1. The first-order valence-corrected chi connectivity index (χ1v) is 5.96. The summed E-state index contributed by atoms with van der Waals surface area (Å²) < 4.78 is 5.86. The van der Waals surface area contributed by atoms with Crippen LogP contribution in [-0.4, -0.2) is 26.2 Å². The van der Waals surface area contributed by atoms with E-state index in [1.54, 1.807) is 0 Å². The van der Waals surface area contributed by atoms with Gasteiger partial charge in [-0.25, -0.2) is 0 Å². The van der Waals surface area contributed by atoms with Gasteiger partial charge in [0, 0.05) is 36.8 Å². The number of nitrogens with one attached hydrogen (secondary N) is 2. The minimum absolute atomic E-state index is 0.326. The summed E-state index contributed by atoms with van der Waals surface area (Å²) in [7, 11) is 0. The van der Waals surface area contributed by atoms with Crippen LogP contribution in [0.1, 0.15) is 12.5 Å². The molecule has 0 radical (unpaired) electrons. The lowest BCUT2D eigenvalue weighted by atomic mass is 9.85. The molecule has 1 saturated heterocycles. The van der Waals surface area contributed by atoms with E-state index < -0.39 is 0 Å². The van der Waals surface area contributed by atoms with Gasteiger partial charge in [-0.1, -0.05) is 13.0 Å². The van der Waals surface area contributed by atoms with Crippen molar-refractivity contribution < 1.29 is 4.74 Å². The zero-order valence-electron chi connectivity index (χ0n) is 9.68. The Morgan fingerprint density at radius 1 is 1.38 bits per heavy atom. The Morgan fingerprint density at radius 3 is 3.00 bits per heavy atom. The Kier molecular flexibility index (Phi) is 2.28. The van der Waals surface area contributed by atoms with Crippen molar-refractivity contribution in [2.24, 2.45) is 5.41 Å². The van der Waals surface area contributed by atoms with Crippen LogP contribution in [0.25, 0.3) is 0 Å². The van der Waals surface area contributed by atoms with E-state index in [0.717, 1.165) is 38.4 Å². The van der Waals surface area contributed by atoms with Crippen LogP contribution in [0.3, 0.4) is 0 Å². The van der Waals surface area contributed by atoms with Crippen molar-refractivity contribution in [2.75, 3.05) is 31.6 Å². The Balaban J connectivity index is 1.66. The molecule has 1 aromatic rings. The second kappa shape index (κ2) is 3.67. The van der Waals surface area contributed by atoms with E-state index in [1.807, 2.05) is 0 Å². The average molecular weight is 218 g/mol. The summed E-state index contributed by atoms with van der Waals surface area (Å²) in [6.07, 6.45) is 1.14. The molecule has 0 aromatic heterocycles. The van der Waals surface area contributed by atoms with Crippen molar-refractivity contribution in [2.45, 2.75) is 13.3 Å². The van der Waals surface area contributed by atoms with Crippen molar-refractivity contribution in [1.29, 1.82) is 0 Å². The molecule has 2 aliphatic rings. The number of rotatable bonds is 3. The van der Waals surface area contributed by atoms with Gasteiger partial charge in [0.05, 0.1) is 6.61 Å². The molecule has 3 nitrogen and oxygen atoms in total. The minimum atomic E-state index is 0.326. The smallest absolute Gasteiger partial charge is 0.121 e. The summed E-state index contributed by atoms with van der Waals surface area (Å²) in [5.74, 6) is 0.987. The van der Waals surface area contributed by atoms with E-state index in [4.69, 9.17) is 4.74 Å². The normalized spacial score (nSPS) is 20.8. The summed E-state index contributed by atoms with van der Waals surface area (Å²) in [6, 6.07) is 6.38. The quantitative estimate of drug-likeness (QED) is 0.809. The number of anilines is 1. The highest BCUT2D eigenvalue weighted by molar-refractivity contribution is 5.58. The molecule has 1 aromatic carbocycles. The van der Waals surface area contributed by atoms with Crippen LogP contribution in [0.2, 0.25) is 0 Å². The number of hydrogen-bond acceptors (Lipinski definition) is 3. The molecule has 2 heterocycles. The van der Waals surface area contributed by atoms with Crippen LogP contribution < -0.4 is 15.4 Å². The zero-order chi connectivity index (χ0) is 11.0. The van der Waals surface area contributed by atoms with Gasteiger partial charge in [-0.2, -0.15) is 0 Å². The monoisotopic (exact) mass is 218 g/mol. The molecule has 0 aliphatic carbocycles. The van der Waals surface area contributed by atoms with Gasteiger partial charge in [0.25, 0.3) is 0 Å². The van der Waals surface area contributed by atoms with E-state index in [9.17, 15) is 0 Å². The van der Waals surface area contributed by atoms with Crippen molar-refractivity contribution in [1.82, 2.24) is 5.32 Å². The Hall–Kier alpha value is -1.22. The first kappa shape index (κ1) is 9.97. The second-order valence-corrected chi connectivity index (χ2v) is 5.20. The third-order valence-corrected chi connectivity index (χ3v) is 3.48. The summed E-state index contributed by atoms with van der Waals surface area (Å²) >= 11 is 0. The molecule has 3 heteroatoms. The van der Waals surface area contributed by atoms with Gasteiger partial charge in [0.15, 0.2) is 0 Å².